The van der Waals surface area contributed by atoms with Crippen LogP contribution in [0.4, 0.5) is 0 Å². The molecule has 0 amide bonds. The van der Waals surface area contributed by atoms with Crippen LogP contribution < -0.4 is 0 Å². The van der Waals surface area contributed by atoms with E-state index in [0.717, 1.165) is 12.0 Å². The maximum absolute atomic E-state index is 11.7. The third-order valence-electron chi connectivity index (χ3n) is 3.00. The number of hydrogen-bond donors (Lipinski definition) is 0. The lowest BCUT2D eigenvalue weighted by atomic mass is 10.0. The Labute approximate surface area is 95.9 Å². The first kappa shape index (κ1) is 10.9. The number of carbonyl (C=O) groups excluding carboxylic acids is 1. The van der Waals surface area contributed by atoms with Crippen molar-refractivity contribution >= 4 is 5.97 Å². The van der Waals surface area contributed by atoms with Gasteiger partial charge in [-0.3, -0.25) is 0 Å². The summed E-state index contributed by atoms with van der Waals surface area (Å²) >= 11 is 0. The number of allylic oxidation sites excluding steroid dienone is 1. The van der Waals surface area contributed by atoms with Crippen LogP contribution in [-0.2, 0) is 4.74 Å². The zero-order valence-electron chi connectivity index (χ0n) is 9.48. The van der Waals surface area contributed by atoms with Crippen molar-refractivity contribution in [2.24, 2.45) is 5.92 Å². The molecule has 0 spiro atoms. The monoisotopic (exact) mass is 216 g/mol. The van der Waals surface area contributed by atoms with E-state index in [1.165, 1.54) is 0 Å². The SMILES string of the molecule is C=CC1CC1c1ccccc1C(=O)OCC. The van der Waals surface area contributed by atoms with Gasteiger partial charge in [0.25, 0.3) is 0 Å². The van der Waals surface area contributed by atoms with Gasteiger partial charge in [-0.25, -0.2) is 4.79 Å². The zero-order chi connectivity index (χ0) is 11.5. The predicted molar refractivity (Wildman–Crippen MR) is 63.4 cm³/mol. The van der Waals surface area contributed by atoms with Crippen molar-refractivity contribution < 1.29 is 9.53 Å². The van der Waals surface area contributed by atoms with Crippen molar-refractivity contribution in [2.75, 3.05) is 6.61 Å². The van der Waals surface area contributed by atoms with Crippen LogP contribution >= 0.6 is 0 Å². The molecule has 1 saturated carbocycles. The number of carbonyl (C=O) groups is 1. The van der Waals surface area contributed by atoms with Crippen LogP contribution in [0.3, 0.4) is 0 Å². The highest BCUT2D eigenvalue weighted by Crippen LogP contribution is 2.49. The smallest absolute Gasteiger partial charge is 0.338 e. The Balaban J connectivity index is 2.24. The summed E-state index contributed by atoms with van der Waals surface area (Å²) in [6, 6.07) is 7.70. The van der Waals surface area contributed by atoms with Gasteiger partial charge in [0.2, 0.25) is 0 Å². The number of hydrogen-bond acceptors (Lipinski definition) is 2. The number of ether oxygens (including phenoxy) is 1. The summed E-state index contributed by atoms with van der Waals surface area (Å²) in [6.45, 7) is 6.04. The molecule has 2 heteroatoms. The van der Waals surface area contributed by atoms with Crippen molar-refractivity contribution in [3.8, 4) is 0 Å². The van der Waals surface area contributed by atoms with Crippen molar-refractivity contribution in [1.82, 2.24) is 0 Å². The van der Waals surface area contributed by atoms with E-state index in [2.05, 4.69) is 6.58 Å². The average molecular weight is 216 g/mol. The van der Waals surface area contributed by atoms with Crippen LogP contribution in [-0.4, -0.2) is 12.6 Å². The van der Waals surface area contributed by atoms with Crippen LogP contribution in [0, 0.1) is 5.92 Å². The van der Waals surface area contributed by atoms with E-state index in [9.17, 15) is 4.79 Å². The number of esters is 1. The summed E-state index contributed by atoms with van der Waals surface area (Å²) in [4.78, 5) is 11.7. The normalized spacial score (nSPS) is 22.6. The molecule has 0 saturated heterocycles. The van der Waals surface area contributed by atoms with E-state index < -0.39 is 0 Å². The maximum atomic E-state index is 11.7. The third-order valence-corrected chi connectivity index (χ3v) is 3.00. The Hall–Kier alpha value is -1.57. The molecule has 1 fully saturated rings. The standard InChI is InChI=1S/C14H16O2/c1-3-10-9-13(10)11-7-5-6-8-12(11)14(15)16-4-2/h3,5-8,10,13H,1,4,9H2,2H3. The van der Waals surface area contributed by atoms with Crippen molar-refractivity contribution in [3.63, 3.8) is 0 Å². The molecule has 0 aromatic heterocycles. The second-order valence-corrected chi connectivity index (χ2v) is 4.05. The minimum absolute atomic E-state index is 0.215. The van der Waals surface area contributed by atoms with Crippen LogP contribution in [0.25, 0.3) is 0 Å². The lowest BCUT2D eigenvalue weighted by molar-refractivity contribution is 0.0525. The van der Waals surface area contributed by atoms with E-state index in [4.69, 9.17) is 4.74 Å². The number of benzene rings is 1. The minimum atomic E-state index is -0.215. The first-order valence-corrected chi connectivity index (χ1v) is 5.66. The van der Waals surface area contributed by atoms with E-state index >= 15 is 0 Å². The second-order valence-electron chi connectivity index (χ2n) is 4.05. The predicted octanol–water partition coefficient (Wildman–Crippen LogP) is 3.15. The van der Waals surface area contributed by atoms with Gasteiger partial charge >= 0.3 is 5.97 Å². The molecule has 1 aromatic carbocycles. The van der Waals surface area contributed by atoms with E-state index in [-0.39, 0.29) is 5.97 Å². The third kappa shape index (κ3) is 2.01. The molecule has 0 radical (unpaired) electrons. The van der Waals surface area contributed by atoms with E-state index in [1.807, 2.05) is 37.3 Å². The molecule has 0 heterocycles. The summed E-state index contributed by atoms with van der Waals surface area (Å²) in [5.74, 6) is 0.765. The quantitative estimate of drug-likeness (QED) is 0.571. The van der Waals surface area contributed by atoms with Gasteiger partial charge in [-0.15, -0.1) is 6.58 Å². The fourth-order valence-electron chi connectivity index (χ4n) is 2.05. The fourth-order valence-corrected chi connectivity index (χ4v) is 2.05. The molecule has 2 unspecified atom stereocenters. The molecular formula is C14H16O2. The van der Waals surface area contributed by atoms with Crippen molar-refractivity contribution in [1.29, 1.82) is 0 Å². The molecule has 2 rings (SSSR count). The second kappa shape index (κ2) is 4.52. The molecule has 1 aromatic rings. The van der Waals surface area contributed by atoms with Gasteiger partial charge in [-0.2, -0.15) is 0 Å². The molecule has 1 aliphatic rings. The van der Waals surface area contributed by atoms with Gasteiger partial charge in [-0.05, 0) is 36.8 Å². The van der Waals surface area contributed by atoms with Gasteiger partial charge in [0, 0.05) is 0 Å². The summed E-state index contributed by atoms with van der Waals surface area (Å²) in [7, 11) is 0. The first-order valence-electron chi connectivity index (χ1n) is 5.66. The molecular weight excluding hydrogens is 200 g/mol. The molecule has 2 nitrogen and oxygen atoms in total. The van der Waals surface area contributed by atoms with Crippen LogP contribution in [0.5, 0.6) is 0 Å². The van der Waals surface area contributed by atoms with Crippen LogP contribution in [0.15, 0.2) is 36.9 Å². The molecule has 0 bridgehead atoms. The average Bonchev–Trinajstić information content (AvgIpc) is 3.08. The van der Waals surface area contributed by atoms with Crippen molar-refractivity contribution in [3.05, 3.63) is 48.0 Å². The summed E-state index contributed by atoms with van der Waals surface area (Å²) in [5, 5.41) is 0. The maximum Gasteiger partial charge on any atom is 0.338 e. The molecule has 2 atom stereocenters. The first-order chi connectivity index (χ1) is 7.77. The summed E-state index contributed by atoms with van der Waals surface area (Å²) in [6.07, 6.45) is 3.06. The highest BCUT2D eigenvalue weighted by molar-refractivity contribution is 5.91. The van der Waals surface area contributed by atoms with E-state index in [0.29, 0.717) is 24.0 Å². The Morgan fingerprint density at radius 1 is 1.56 bits per heavy atom. The highest BCUT2D eigenvalue weighted by atomic mass is 16.5. The topological polar surface area (TPSA) is 26.3 Å². The fraction of sp³-hybridized carbons (Fsp3) is 0.357. The molecule has 0 aliphatic heterocycles. The van der Waals surface area contributed by atoms with Crippen LogP contribution in [0.2, 0.25) is 0 Å². The zero-order valence-corrected chi connectivity index (χ0v) is 9.48. The summed E-state index contributed by atoms with van der Waals surface area (Å²) < 4.78 is 5.05. The Morgan fingerprint density at radius 3 is 2.94 bits per heavy atom. The van der Waals surface area contributed by atoms with Gasteiger partial charge in [0.05, 0.1) is 12.2 Å². The molecule has 0 N–H and O–H groups in total. The Morgan fingerprint density at radius 2 is 2.31 bits per heavy atom. The molecule has 1 aliphatic carbocycles. The van der Waals surface area contributed by atoms with Gasteiger partial charge in [0.1, 0.15) is 0 Å². The van der Waals surface area contributed by atoms with Gasteiger partial charge in [-0.1, -0.05) is 24.3 Å². The summed E-state index contributed by atoms with van der Waals surface area (Å²) in [5.41, 5.74) is 1.81. The molecule has 16 heavy (non-hydrogen) atoms. The lowest BCUT2D eigenvalue weighted by Gasteiger charge is -2.07. The Kier molecular flexibility index (Phi) is 3.09. The highest BCUT2D eigenvalue weighted by Gasteiger charge is 2.37. The molecule has 84 valence electrons. The largest absolute Gasteiger partial charge is 0.462 e. The Bertz CT molecular complexity index is 409. The van der Waals surface area contributed by atoms with Gasteiger partial charge in [0.15, 0.2) is 0 Å². The van der Waals surface area contributed by atoms with Crippen LogP contribution in [0.1, 0.15) is 35.2 Å². The van der Waals surface area contributed by atoms with E-state index in [1.54, 1.807) is 0 Å². The lowest BCUT2D eigenvalue weighted by Crippen LogP contribution is -2.07. The van der Waals surface area contributed by atoms with Crippen molar-refractivity contribution in [2.45, 2.75) is 19.3 Å². The number of rotatable bonds is 4. The minimum Gasteiger partial charge on any atom is -0.462 e. The van der Waals surface area contributed by atoms with Gasteiger partial charge < -0.3 is 4.74 Å².